The summed E-state index contributed by atoms with van der Waals surface area (Å²) in [5.74, 6) is 0.921. The molecule has 0 saturated carbocycles. The van der Waals surface area contributed by atoms with Crippen LogP contribution in [0.15, 0.2) is 43.6 Å². The average molecular weight is 217 g/mol. The molecule has 1 aromatic rings. The summed E-state index contributed by atoms with van der Waals surface area (Å²) in [7, 11) is 0. The lowest BCUT2D eigenvalue weighted by molar-refractivity contribution is 0.808. The molecule has 0 saturated heterocycles. The highest BCUT2D eigenvalue weighted by Crippen LogP contribution is 2.14. The molecule has 0 unspecified atom stereocenters. The minimum absolute atomic E-state index is 0.0220. The van der Waals surface area contributed by atoms with Crippen molar-refractivity contribution < 1.29 is 0 Å². The van der Waals surface area contributed by atoms with Crippen LogP contribution in [0.25, 0.3) is 0 Å². The fraction of sp³-hybridized carbons (Fsp3) is 0.308. The van der Waals surface area contributed by atoms with E-state index in [2.05, 4.69) is 23.0 Å². The van der Waals surface area contributed by atoms with E-state index in [-0.39, 0.29) is 6.04 Å². The summed E-state index contributed by atoms with van der Waals surface area (Å²) in [5, 5.41) is 0. The van der Waals surface area contributed by atoms with E-state index in [0.29, 0.717) is 0 Å². The highest BCUT2D eigenvalue weighted by molar-refractivity contribution is 5.41. The first-order chi connectivity index (χ1) is 7.69. The third-order valence-corrected chi connectivity index (χ3v) is 2.32. The largest absolute Gasteiger partial charge is 0.349 e. The highest BCUT2D eigenvalue weighted by Gasteiger charge is 2.05. The Bertz CT molecular complexity index is 331. The average Bonchev–Trinajstić information content (AvgIpc) is 2.29. The molecule has 0 spiro atoms. The van der Waals surface area contributed by atoms with Gasteiger partial charge in [-0.3, -0.25) is 0 Å². The van der Waals surface area contributed by atoms with Gasteiger partial charge in [0.05, 0.1) is 0 Å². The molecule has 0 amide bonds. The lowest BCUT2D eigenvalue weighted by Crippen LogP contribution is -2.24. The van der Waals surface area contributed by atoms with Gasteiger partial charge in [0, 0.05) is 25.3 Å². The van der Waals surface area contributed by atoms with Crippen molar-refractivity contribution in [3.05, 3.63) is 49.2 Å². The van der Waals surface area contributed by atoms with Crippen molar-refractivity contribution in [3.63, 3.8) is 0 Å². The third-order valence-electron chi connectivity index (χ3n) is 2.32. The van der Waals surface area contributed by atoms with E-state index in [1.165, 1.54) is 0 Å². The van der Waals surface area contributed by atoms with Gasteiger partial charge in [-0.25, -0.2) is 4.98 Å². The Labute approximate surface area is 97.3 Å². The van der Waals surface area contributed by atoms with E-state index < -0.39 is 0 Å². The monoisotopic (exact) mass is 217 g/mol. The second-order valence-electron chi connectivity index (χ2n) is 3.72. The first-order valence-corrected chi connectivity index (χ1v) is 5.37. The van der Waals surface area contributed by atoms with Gasteiger partial charge in [-0.15, -0.1) is 13.2 Å². The minimum atomic E-state index is 0.0220. The fourth-order valence-corrected chi connectivity index (χ4v) is 1.43. The smallest absolute Gasteiger partial charge is 0.129 e. The number of hydrogen-bond donors (Lipinski definition) is 1. The quantitative estimate of drug-likeness (QED) is 0.743. The molecule has 0 aliphatic carbocycles. The fourth-order valence-electron chi connectivity index (χ4n) is 1.43. The van der Waals surface area contributed by atoms with Crippen LogP contribution in [-0.2, 0) is 0 Å². The van der Waals surface area contributed by atoms with Crippen LogP contribution in [0.3, 0.4) is 0 Å². The van der Waals surface area contributed by atoms with E-state index in [1.807, 2.05) is 37.4 Å². The molecule has 2 N–H and O–H groups in total. The molecule has 1 atom stereocenters. The SMILES string of the molecule is C=CCN(CC=C)c1ccc([C@@H](C)N)cn1. The zero-order valence-corrected chi connectivity index (χ0v) is 9.76. The van der Waals surface area contributed by atoms with E-state index >= 15 is 0 Å². The van der Waals surface area contributed by atoms with Crippen molar-refractivity contribution in [2.75, 3.05) is 18.0 Å². The van der Waals surface area contributed by atoms with Crippen LogP contribution < -0.4 is 10.6 Å². The lowest BCUT2D eigenvalue weighted by atomic mass is 10.1. The first kappa shape index (κ1) is 12.5. The van der Waals surface area contributed by atoms with E-state index in [9.17, 15) is 0 Å². The molecule has 0 aliphatic rings. The van der Waals surface area contributed by atoms with Gasteiger partial charge in [0.2, 0.25) is 0 Å². The van der Waals surface area contributed by atoms with E-state index in [0.717, 1.165) is 24.5 Å². The predicted molar refractivity (Wildman–Crippen MR) is 69.4 cm³/mol. The van der Waals surface area contributed by atoms with E-state index in [1.54, 1.807) is 0 Å². The maximum absolute atomic E-state index is 5.77. The lowest BCUT2D eigenvalue weighted by Gasteiger charge is -2.20. The van der Waals surface area contributed by atoms with Crippen LogP contribution in [0, 0.1) is 0 Å². The number of hydrogen-bond acceptors (Lipinski definition) is 3. The van der Waals surface area contributed by atoms with Crippen LogP contribution in [0.1, 0.15) is 18.5 Å². The number of anilines is 1. The van der Waals surface area contributed by atoms with Gasteiger partial charge in [-0.05, 0) is 18.6 Å². The van der Waals surface area contributed by atoms with Crippen molar-refractivity contribution in [3.8, 4) is 0 Å². The van der Waals surface area contributed by atoms with Gasteiger partial charge in [0.15, 0.2) is 0 Å². The Morgan fingerprint density at radius 2 is 2.00 bits per heavy atom. The van der Waals surface area contributed by atoms with Crippen molar-refractivity contribution >= 4 is 5.82 Å². The number of nitrogens with zero attached hydrogens (tertiary/aromatic N) is 2. The van der Waals surface area contributed by atoms with Crippen LogP contribution in [0.2, 0.25) is 0 Å². The number of pyridine rings is 1. The predicted octanol–water partition coefficient (Wildman–Crippen LogP) is 2.28. The van der Waals surface area contributed by atoms with Crippen LogP contribution in [0.5, 0.6) is 0 Å². The van der Waals surface area contributed by atoms with Gasteiger partial charge in [-0.1, -0.05) is 18.2 Å². The minimum Gasteiger partial charge on any atom is -0.349 e. The van der Waals surface area contributed by atoms with Crippen molar-refractivity contribution in [2.24, 2.45) is 5.73 Å². The molecule has 1 rings (SSSR count). The first-order valence-electron chi connectivity index (χ1n) is 5.37. The Morgan fingerprint density at radius 1 is 1.38 bits per heavy atom. The Hall–Kier alpha value is -1.61. The summed E-state index contributed by atoms with van der Waals surface area (Å²) in [6, 6.07) is 4.01. The second kappa shape index (κ2) is 6.08. The van der Waals surface area contributed by atoms with E-state index in [4.69, 9.17) is 5.73 Å². The standard InChI is InChI=1S/C13H19N3/c1-4-8-16(9-5-2)13-7-6-12(10-15-13)11(3)14/h4-7,10-11H,1-2,8-9,14H2,3H3/t11-/m1/s1. The molecule has 0 radical (unpaired) electrons. The van der Waals surface area contributed by atoms with Crippen LogP contribution in [-0.4, -0.2) is 18.1 Å². The maximum Gasteiger partial charge on any atom is 0.129 e. The molecule has 3 heteroatoms. The Morgan fingerprint density at radius 3 is 2.38 bits per heavy atom. The van der Waals surface area contributed by atoms with Crippen molar-refractivity contribution in [1.82, 2.24) is 4.98 Å². The topological polar surface area (TPSA) is 42.1 Å². The van der Waals surface area contributed by atoms with Gasteiger partial charge >= 0.3 is 0 Å². The summed E-state index contributed by atoms with van der Waals surface area (Å²) in [6.07, 6.45) is 5.52. The second-order valence-corrected chi connectivity index (χ2v) is 3.72. The van der Waals surface area contributed by atoms with Crippen molar-refractivity contribution in [1.29, 1.82) is 0 Å². The molecule has 3 nitrogen and oxygen atoms in total. The van der Waals surface area contributed by atoms with Crippen molar-refractivity contribution in [2.45, 2.75) is 13.0 Å². The Kier molecular flexibility index (Phi) is 4.73. The molecular weight excluding hydrogens is 198 g/mol. The number of aromatic nitrogens is 1. The molecular formula is C13H19N3. The summed E-state index contributed by atoms with van der Waals surface area (Å²) >= 11 is 0. The number of nitrogens with two attached hydrogens (primary N) is 1. The van der Waals surface area contributed by atoms with Gasteiger partial charge < -0.3 is 10.6 Å². The molecule has 0 aliphatic heterocycles. The molecule has 1 heterocycles. The van der Waals surface area contributed by atoms with Gasteiger partial charge in [0.25, 0.3) is 0 Å². The molecule has 0 aromatic carbocycles. The number of rotatable bonds is 6. The molecule has 16 heavy (non-hydrogen) atoms. The van der Waals surface area contributed by atoms with Gasteiger partial charge in [0.1, 0.15) is 5.82 Å². The van der Waals surface area contributed by atoms with Gasteiger partial charge in [-0.2, -0.15) is 0 Å². The molecule has 86 valence electrons. The molecule has 1 aromatic heterocycles. The third kappa shape index (κ3) is 3.21. The zero-order chi connectivity index (χ0) is 12.0. The summed E-state index contributed by atoms with van der Waals surface area (Å²) in [4.78, 5) is 6.48. The highest BCUT2D eigenvalue weighted by atomic mass is 15.2. The normalized spacial score (nSPS) is 11.9. The Balaban J connectivity index is 2.84. The molecule has 0 fully saturated rings. The zero-order valence-electron chi connectivity index (χ0n) is 9.76. The maximum atomic E-state index is 5.77. The molecule has 0 bridgehead atoms. The van der Waals surface area contributed by atoms with Crippen LogP contribution >= 0.6 is 0 Å². The summed E-state index contributed by atoms with van der Waals surface area (Å²) < 4.78 is 0. The van der Waals surface area contributed by atoms with Crippen LogP contribution in [0.4, 0.5) is 5.82 Å². The summed E-state index contributed by atoms with van der Waals surface area (Å²) in [6.45, 7) is 10.9. The summed E-state index contributed by atoms with van der Waals surface area (Å²) in [5.41, 5.74) is 6.81.